The second-order valence-electron chi connectivity index (χ2n) is 4.78. The minimum absolute atomic E-state index is 0.0268. The van der Waals surface area contributed by atoms with Gasteiger partial charge in [0.05, 0.1) is 0 Å². The third kappa shape index (κ3) is 4.91. The standard InChI is InChI=1S/C17H17FO3/c18-15-6-2-3-7-16(15)21-17(20)8-4-1-5-13-9-11-14(19)12-10-13/h2-3,6-7,9-12,19H,1,4-5,8H2. The number of ether oxygens (including phenoxy) is 1. The number of unbranched alkanes of at least 4 members (excludes halogenated alkanes) is 1. The number of hydrogen-bond donors (Lipinski definition) is 1. The first kappa shape index (κ1) is 15.0. The van der Waals surface area contributed by atoms with Crippen molar-refractivity contribution in [2.24, 2.45) is 0 Å². The molecular formula is C17H17FO3. The summed E-state index contributed by atoms with van der Waals surface area (Å²) in [5.74, 6) is -0.742. The summed E-state index contributed by atoms with van der Waals surface area (Å²) in [5, 5.41) is 9.17. The molecule has 0 atom stereocenters. The van der Waals surface area contributed by atoms with E-state index in [1.54, 1.807) is 24.3 Å². The zero-order valence-corrected chi connectivity index (χ0v) is 11.6. The zero-order valence-electron chi connectivity index (χ0n) is 11.6. The maximum absolute atomic E-state index is 13.3. The summed E-state index contributed by atoms with van der Waals surface area (Å²) in [4.78, 5) is 11.6. The van der Waals surface area contributed by atoms with Crippen LogP contribution in [0, 0.1) is 5.82 Å². The molecule has 0 aliphatic carbocycles. The lowest BCUT2D eigenvalue weighted by Crippen LogP contribution is -2.08. The van der Waals surface area contributed by atoms with E-state index in [4.69, 9.17) is 4.74 Å². The number of hydrogen-bond acceptors (Lipinski definition) is 3. The predicted molar refractivity (Wildman–Crippen MR) is 77.7 cm³/mol. The maximum Gasteiger partial charge on any atom is 0.311 e. The van der Waals surface area contributed by atoms with Gasteiger partial charge >= 0.3 is 5.97 Å². The van der Waals surface area contributed by atoms with Crippen molar-refractivity contribution < 1.29 is 19.0 Å². The van der Waals surface area contributed by atoms with Gasteiger partial charge in [0, 0.05) is 6.42 Å². The van der Waals surface area contributed by atoms with Crippen molar-refractivity contribution in [3.05, 3.63) is 59.9 Å². The van der Waals surface area contributed by atoms with E-state index < -0.39 is 11.8 Å². The first-order valence-electron chi connectivity index (χ1n) is 6.88. The minimum Gasteiger partial charge on any atom is -0.508 e. The number of halogens is 1. The Balaban J connectivity index is 1.70. The summed E-state index contributed by atoms with van der Waals surface area (Å²) in [7, 11) is 0. The largest absolute Gasteiger partial charge is 0.508 e. The Labute approximate surface area is 123 Å². The van der Waals surface area contributed by atoms with Crippen molar-refractivity contribution in [3.8, 4) is 11.5 Å². The number of carbonyl (C=O) groups is 1. The molecule has 0 aliphatic heterocycles. The summed E-state index contributed by atoms with van der Waals surface area (Å²) < 4.78 is 18.3. The fraction of sp³-hybridized carbons (Fsp3) is 0.235. The Morgan fingerprint density at radius 1 is 1.05 bits per heavy atom. The average molecular weight is 288 g/mol. The third-order valence-electron chi connectivity index (χ3n) is 3.09. The van der Waals surface area contributed by atoms with Gasteiger partial charge in [0.1, 0.15) is 5.75 Å². The van der Waals surface area contributed by atoms with E-state index in [9.17, 15) is 14.3 Å². The van der Waals surface area contributed by atoms with Gasteiger partial charge in [0.25, 0.3) is 0 Å². The molecule has 1 N–H and O–H groups in total. The Morgan fingerprint density at radius 2 is 1.76 bits per heavy atom. The van der Waals surface area contributed by atoms with E-state index >= 15 is 0 Å². The molecule has 110 valence electrons. The highest BCUT2D eigenvalue weighted by atomic mass is 19.1. The Morgan fingerprint density at radius 3 is 2.48 bits per heavy atom. The molecule has 0 unspecified atom stereocenters. The average Bonchev–Trinajstić information content (AvgIpc) is 2.48. The minimum atomic E-state index is -0.532. The van der Waals surface area contributed by atoms with Crippen LogP contribution in [0.4, 0.5) is 4.39 Å². The van der Waals surface area contributed by atoms with E-state index in [0.717, 1.165) is 18.4 Å². The van der Waals surface area contributed by atoms with Crippen LogP contribution in [0.15, 0.2) is 48.5 Å². The number of para-hydroxylation sites is 1. The molecule has 2 rings (SSSR count). The lowest BCUT2D eigenvalue weighted by atomic mass is 10.1. The molecule has 2 aromatic rings. The van der Waals surface area contributed by atoms with Crippen molar-refractivity contribution >= 4 is 5.97 Å². The van der Waals surface area contributed by atoms with Gasteiger partial charge in [-0.2, -0.15) is 0 Å². The molecule has 0 amide bonds. The maximum atomic E-state index is 13.3. The molecule has 0 aliphatic rings. The normalized spacial score (nSPS) is 10.3. The smallest absolute Gasteiger partial charge is 0.311 e. The molecule has 4 heteroatoms. The van der Waals surface area contributed by atoms with Crippen LogP contribution in [0.5, 0.6) is 11.5 Å². The zero-order chi connectivity index (χ0) is 15.1. The van der Waals surface area contributed by atoms with Crippen LogP contribution < -0.4 is 4.74 Å². The summed E-state index contributed by atoms with van der Waals surface area (Å²) in [6.07, 6.45) is 2.59. The molecule has 0 radical (unpaired) electrons. The molecule has 0 aromatic heterocycles. The number of phenolic OH excluding ortho intramolecular Hbond substituents is 1. The van der Waals surface area contributed by atoms with Crippen molar-refractivity contribution in [2.75, 3.05) is 0 Å². The second-order valence-corrected chi connectivity index (χ2v) is 4.78. The number of phenols is 1. The van der Waals surface area contributed by atoms with Crippen LogP contribution in [-0.2, 0) is 11.2 Å². The topological polar surface area (TPSA) is 46.5 Å². The number of aryl methyl sites for hydroxylation is 1. The summed E-state index contributed by atoms with van der Waals surface area (Å²) in [6, 6.07) is 12.8. The first-order valence-corrected chi connectivity index (χ1v) is 6.88. The van der Waals surface area contributed by atoms with Crippen LogP contribution in [0.2, 0.25) is 0 Å². The molecule has 0 spiro atoms. The summed E-state index contributed by atoms with van der Waals surface area (Å²) in [5.41, 5.74) is 1.11. The van der Waals surface area contributed by atoms with Gasteiger partial charge in [-0.15, -0.1) is 0 Å². The van der Waals surface area contributed by atoms with E-state index in [2.05, 4.69) is 0 Å². The number of carbonyl (C=O) groups excluding carboxylic acids is 1. The number of rotatable bonds is 6. The van der Waals surface area contributed by atoms with E-state index in [1.165, 1.54) is 12.1 Å². The highest BCUT2D eigenvalue weighted by Gasteiger charge is 2.08. The monoisotopic (exact) mass is 288 g/mol. The van der Waals surface area contributed by atoms with E-state index in [0.29, 0.717) is 6.42 Å². The van der Waals surface area contributed by atoms with Gasteiger partial charge in [-0.25, -0.2) is 4.39 Å². The van der Waals surface area contributed by atoms with E-state index in [-0.39, 0.29) is 17.9 Å². The Kier molecular flexibility index (Phi) is 5.32. The predicted octanol–water partition coefficient (Wildman–Crippen LogP) is 3.85. The molecule has 2 aromatic carbocycles. The van der Waals surface area contributed by atoms with Gasteiger partial charge in [0.2, 0.25) is 0 Å². The van der Waals surface area contributed by atoms with Crippen molar-refractivity contribution in [1.82, 2.24) is 0 Å². The van der Waals surface area contributed by atoms with E-state index in [1.807, 2.05) is 12.1 Å². The SMILES string of the molecule is O=C(CCCCc1ccc(O)cc1)Oc1ccccc1F. The highest BCUT2D eigenvalue weighted by Crippen LogP contribution is 2.17. The molecular weight excluding hydrogens is 271 g/mol. The second kappa shape index (κ2) is 7.43. The Bertz CT molecular complexity index is 593. The molecule has 0 saturated heterocycles. The first-order chi connectivity index (χ1) is 10.1. The van der Waals surface area contributed by atoms with Gasteiger partial charge in [-0.1, -0.05) is 24.3 Å². The van der Waals surface area contributed by atoms with Crippen LogP contribution >= 0.6 is 0 Å². The third-order valence-corrected chi connectivity index (χ3v) is 3.09. The van der Waals surface area contributed by atoms with Crippen LogP contribution in [0.25, 0.3) is 0 Å². The van der Waals surface area contributed by atoms with Crippen molar-refractivity contribution in [2.45, 2.75) is 25.7 Å². The molecule has 0 bridgehead atoms. The molecule has 3 nitrogen and oxygen atoms in total. The fourth-order valence-electron chi connectivity index (χ4n) is 1.96. The van der Waals surface area contributed by atoms with Crippen molar-refractivity contribution in [3.63, 3.8) is 0 Å². The van der Waals surface area contributed by atoms with Crippen LogP contribution in [0.1, 0.15) is 24.8 Å². The van der Waals surface area contributed by atoms with Gasteiger partial charge < -0.3 is 9.84 Å². The number of esters is 1. The van der Waals surface area contributed by atoms with Crippen molar-refractivity contribution in [1.29, 1.82) is 0 Å². The molecule has 0 fully saturated rings. The van der Waals surface area contributed by atoms with Gasteiger partial charge in [0.15, 0.2) is 11.6 Å². The van der Waals surface area contributed by atoms with Gasteiger partial charge in [-0.3, -0.25) is 4.79 Å². The highest BCUT2D eigenvalue weighted by molar-refractivity contribution is 5.72. The molecule has 0 heterocycles. The lowest BCUT2D eigenvalue weighted by Gasteiger charge is -2.05. The summed E-state index contributed by atoms with van der Waals surface area (Å²) >= 11 is 0. The molecule has 21 heavy (non-hydrogen) atoms. The Hall–Kier alpha value is -2.36. The van der Waals surface area contributed by atoms with Crippen LogP contribution in [0.3, 0.4) is 0 Å². The lowest BCUT2D eigenvalue weighted by molar-refractivity contribution is -0.134. The fourth-order valence-corrected chi connectivity index (χ4v) is 1.96. The quantitative estimate of drug-likeness (QED) is 0.499. The number of aromatic hydroxyl groups is 1. The summed E-state index contributed by atoms with van der Waals surface area (Å²) in [6.45, 7) is 0. The molecule has 0 saturated carbocycles. The van der Waals surface area contributed by atoms with Gasteiger partial charge in [-0.05, 0) is 49.1 Å². The number of benzene rings is 2. The van der Waals surface area contributed by atoms with Crippen LogP contribution in [-0.4, -0.2) is 11.1 Å².